The summed E-state index contributed by atoms with van der Waals surface area (Å²) in [6.45, 7) is 6.22. The molecule has 178 valence electrons. The molecule has 2 aromatic heterocycles. The Morgan fingerprint density at radius 3 is 2.42 bits per heavy atom. The molecule has 0 aliphatic carbocycles. The quantitative estimate of drug-likeness (QED) is 0.580. The van der Waals surface area contributed by atoms with Gasteiger partial charge in [0.25, 0.3) is 0 Å². The number of carboxylic acid groups (broad SMARTS) is 1. The maximum Gasteiger partial charge on any atom is 0.490 e. The Labute approximate surface area is 189 Å². The van der Waals surface area contributed by atoms with Crippen LogP contribution in [0.2, 0.25) is 0 Å². The molecule has 4 rings (SSSR count). The van der Waals surface area contributed by atoms with Crippen LogP contribution in [0.4, 0.5) is 13.2 Å². The molecular weight excluding hydrogens is 437 g/mol. The zero-order valence-electron chi connectivity index (χ0n) is 18.3. The molecule has 0 saturated carbocycles. The van der Waals surface area contributed by atoms with Gasteiger partial charge in [0.2, 0.25) is 0 Å². The van der Waals surface area contributed by atoms with Crippen molar-refractivity contribution in [1.82, 2.24) is 30.1 Å². The van der Waals surface area contributed by atoms with E-state index in [1.807, 2.05) is 17.7 Å². The Balaban J connectivity index is 0.000000383. The summed E-state index contributed by atoms with van der Waals surface area (Å²) in [5, 5.41) is 23.2. The van der Waals surface area contributed by atoms with Crippen LogP contribution in [0.1, 0.15) is 35.5 Å². The second-order valence-electron chi connectivity index (χ2n) is 8.16. The van der Waals surface area contributed by atoms with E-state index < -0.39 is 12.1 Å². The van der Waals surface area contributed by atoms with Gasteiger partial charge < -0.3 is 5.11 Å². The normalized spacial score (nSPS) is 15.2. The summed E-state index contributed by atoms with van der Waals surface area (Å²) in [5.74, 6) is -2.08. The van der Waals surface area contributed by atoms with Crippen molar-refractivity contribution in [1.29, 1.82) is 0 Å². The molecule has 3 aromatic rings. The third-order valence-corrected chi connectivity index (χ3v) is 5.35. The fourth-order valence-corrected chi connectivity index (χ4v) is 3.69. The first-order valence-corrected chi connectivity index (χ1v) is 10.7. The summed E-state index contributed by atoms with van der Waals surface area (Å²) < 4.78 is 33.8. The molecule has 0 unspecified atom stereocenters. The number of H-pyrrole nitrogens is 1. The van der Waals surface area contributed by atoms with Gasteiger partial charge in [0.05, 0.1) is 11.4 Å². The number of carboxylic acids is 1. The number of carbonyl (C=O) groups is 1. The summed E-state index contributed by atoms with van der Waals surface area (Å²) in [6, 6.07) is 12.6. The van der Waals surface area contributed by atoms with Crippen molar-refractivity contribution < 1.29 is 23.1 Å². The molecule has 1 aliphatic heterocycles. The molecule has 1 aromatic carbocycles. The zero-order valence-corrected chi connectivity index (χ0v) is 18.3. The standard InChI is InChI=1S/C20H26N6.C2HF3O2/c1-16-11-19(22-21-16)14-25-9-7-18(8-10-25)13-26-15-20(23-24-26)12-17-5-3-2-4-6-17;3-2(4,5)1(6)7/h2-6,11,15,18H,7-10,12-14H2,1H3,(H,21,22);(H,6,7). The third kappa shape index (κ3) is 8.01. The van der Waals surface area contributed by atoms with E-state index in [0.717, 1.165) is 49.7 Å². The van der Waals surface area contributed by atoms with Gasteiger partial charge in [-0.15, -0.1) is 5.10 Å². The number of benzene rings is 1. The molecule has 33 heavy (non-hydrogen) atoms. The molecule has 0 bridgehead atoms. The number of aryl methyl sites for hydroxylation is 1. The summed E-state index contributed by atoms with van der Waals surface area (Å²) in [5.41, 5.74) is 4.60. The molecular formula is C22H27F3N6O2. The number of likely N-dealkylation sites (tertiary alicyclic amines) is 1. The van der Waals surface area contributed by atoms with Gasteiger partial charge in [-0.2, -0.15) is 18.3 Å². The van der Waals surface area contributed by atoms with E-state index >= 15 is 0 Å². The van der Waals surface area contributed by atoms with Crippen LogP contribution in [-0.4, -0.2) is 60.4 Å². The van der Waals surface area contributed by atoms with Gasteiger partial charge in [0.15, 0.2) is 0 Å². The first kappa shape index (κ1) is 24.4. The molecule has 0 atom stereocenters. The van der Waals surface area contributed by atoms with E-state index in [1.165, 1.54) is 18.4 Å². The maximum absolute atomic E-state index is 10.6. The number of halogens is 3. The van der Waals surface area contributed by atoms with E-state index in [2.05, 4.69) is 61.9 Å². The number of alkyl halides is 3. The van der Waals surface area contributed by atoms with Gasteiger partial charge in [-0.25, -0.2) is 4.79 Å². The Bertz CT molecular complexity index is 1010. The molecule has 1 aliphatic rings. The number of hydrogen-bond acceptors (Lipinski definition) is 5. The van der Waals surface area contributed by atoms with E-state index in [1.54, 1.807) is 0 Å². The number of nitrogens with one attached hydrogen (secondary N) is 1. The van der Waals surface area contributed by atoms with Crippen LogP contribution in [0, 0.1) is 12.8 Å². The number of piperidine rings is 1. The summed E-state index contributed by atoms with van der Waals surface area (Å²) in [7, 11) is 0. The second-order valence-corrected chi connectivity index (χ2v) is 8.16. The molecule has 0 radical (unpaired) electrons. The van der Waals surface area contributed by atoms with Crippen LogP contribution >= 0.6 is 0 Å². The summed E-state index contributed by atoms with van der Waals surface area (Å²) in [6.07, 6.45) is 0.281. The van der Waals surface area contributed by atoms with Crippen molar-refractivity contribution in [3.8, 4) is 0 Å². The van der Waals surface area contributed by atoms with Gasteiger partial charge in [0.1, 0.15) is 0 Å². The minimum atomic E-state index is -5.08. The number of nitrogens with zero attached hydrogens (tertiary/aromatic N) is 5. The minimum Gasteiger partial charge on any atom is -0.475 e. The van der Waals surface area contributed by atoms with Crippen LogP contribution in [0.5, 0.6) is 0 Å². The monoisotopic (exact) mass is 464 g/mol. The van der Waals surface area contributed by atoms with Gasteiger partial charge >= 0.3 is 12.1 Å². The van der Waals surface area contributed by atoms with Crippen LogP contribution in [0.15, 0.2) is 42.6 Å². The lowest BCUT2D eigenvalue weighted by molar-refractivity contribution is -0.192. The largest absolute Gasteiger partial charge is 0.490 e. The topological polar surface area (TPSA) is 99.9 Å². The van der Waals surface area contributed by atoms with Crippen molar-refractivity contribution in [2.24, 2.45) is 5.92 Å². The molecule has 2 N–H and O–H groups in total. The fourth-order valence-electron chi connectivity index (χ4n) is 3.69. The average Bonchev–Trinajstić information content (AvgIpc) is 3.38. The van der Waals surface area contributed by atoms with Crippen molar-refractivity contribution in [3.63, 3.8) is 0 Å². The molecule has 0 spiro atoms. The van der Waals surface area contributed by atoms with E-state index in [9.17, 15) is 13.2 Å². The highest BCUT2D eigenvalue weighted by molar-refractivity contribution is 5.73. The van der Waals surface area contributed by atoms with Crippen molar-refractivity contribution in [2.75, 3.05) is 13.1 Å². The van der Waals surface area contributed by atoms with Crippen molar-refractivity contribution >= 4 is 5.97 Å². The number of aliphatic carboxylic acids is 1. The Morgan fingerprint density at radius 1 is 1.18 bits per heavy atom. The van der Waals surface area contributed by atoms with Crippen LogP contribution in [0.25, 0.3) is 0 Å². The van der Waals surface area contributed by atoms with E-state index in [4.69, 9.17) is 9.90 Å². The number of aromatic nitrogens is 5. The van der Waals surface area contributed by atoms with Crippen LogP contribution < -0.4 is 0 Å². The van der Waals surface area contributed by atoms with Crippen LogP contribution in [-0.2, 0) is 24.3 Å². The highest BCUT2D eigenvalue weighted by atomic mass is 19.4. The van der Waals surface area contributed by atoms with Gasteiger partial charge in [0, 0.05) is 31.4 Å². The predicted molar refractivity (Wildman–Crippen MR) is 114 cm³/mol. The first-order chi connectivity index (χ1) is 15.7. The predicted octanol–water partition coefficient (Wildman–Crippen LogP) is 3.45. The number of rotatable bonds is 6. The first-order valence-electron chi connectivity index (χ1n) is 10.7. The third-order valence-electron chi connectivity index (χ3n) is 5.35. The fraction of sp³-hybridized carbons (Fsp3) is 0.455. The maximum atomic E-state index is 10.6. The van der Waals surface area contributed by atoms with Gasteiger partial charge in [-0.1, -0.05) is 35.5 Å². The molecule has 1 saturated heterocycles. The Hall–Kier alpha value is -3.21. The van der Waals surface area contributed by atoms with E-state index in [-0.39, 0.29) is 0 Å². The molecule has 11 heteroatoms. The lowest BCUT2D eigenvalue weighted by Crippen LogP contribution is -2.34. The number of hydrogen-bond donors (Lipinski definition) is 2. The van der Waals surface area contributed by atoms with Crippen LogP contribution in [0.3, 0.4) is 0 Å². The number of aromatic amines is 1. The highest BCUT2D eigenvalue weighted by Gasteiger charge is 2.38. The molecule has 0 amide bonds. The second kappa shape index (κ2) is 11.1. The lowest BCUT2D eigenvalue weighted by Gasteiger charge is -2.31. The molecule has 8 nitrogen and oxygen atoms in total. The summed E-state index contributed by atoms with van der Waals surface area (Å²) >= 11 is 0. The molecule has 1 fully saturated rings. The van der Waals surface area contributed by atoms with Crippen molar-refractivity contribution in [2.45, 2.75) is 45.5 Å². The minimum absolute atomic E-state index is 0.679. The van der Waals surface area contributed by atoms with Gasteiger partial charge in [-0.3, -0.25) is 14.7 Å². The lowest BCUT2D eigenvalue weighted by atomic mass is 9.97. The Morgan fingerprint density at radius 2 is 1.85 bits per heavy atom. The van der Waals surface area contributed by atoms with Crippen molar-refractivity contribution in [3.05, 3.63) is 65.2 Å². The van der Waals surface area contributed by atoms with E-state index in [0.29, 0.717) is 5.92 Å². The Kier molecular flexibility index (Phi) is 8.21. The van der Waals surface area contributed by atoms with Gasteiger partial charge in [-0.05, 0) is 50.4 Å². The molecule has 3 heterocycles. The highest BCUT2D eigenvalue weighted by Crippen LogP contribution is 2.20. The SMILES string of the molecule is Cc1cc(CN2CCC(Cn3cc(Cc4ccccc4)nn3)CC2)n[nH]1.O=C(O)C(F)(F)F. The average molecular weight is 464 g/mol. The smallest absolute Gasteiger partial charge is 0.475 e. The summed E-state index contributed by atoms with van der Waals surface area (Å²) in [4.78, 5) is 11.4. The zero-order chi connectivity index (χ0) is 23.8.